The molecule has 0 unspecified atom stereocenters. The summed E-state index contributed by atoms with van der Waals surface area (Å²) < 4.78 is -0.592. The molecule has 0 aliphatic carbocycles. The standard InChI is InChI=1S/C7H6ClI3Si/c8-12(10,11)7-3-1-6(5-9)2-4-7/h1-4H,5H2. The van der Waals surface area contributed by atoms with E-state index in [4.69, 9.17) is 11.1 Å². The van der Waals surface area contributed by atoms with Crippen LogP contribution in [0.5, 0.6) is 0 Å². The van der Waals surface area contributed by atoms with Gasteiger partial charge in [0.1, 0.15) is 0 Å². The third kappa shape index (κ3) is 3.58. The van der Waals surface area contributed by atoms with Crippen LogP contribution in [0, 0.1) is 0 Å². The van der Waals surface area contributed by atoms with Gasteiger partial charge in [0.15, 0.2) is 0 Å². The van der Waals surface area contributed by atoms with Gasteiger partial charge in [0.2, 0.25) is 0 Å². The van der Waals surface area contributed by atoms with Crippen LogP contribution in [0.3, 0.4) is 0 Å². The fraction of sp³-hybridized carbons (Fsp3) is 0.143. The quantitative estimate of drug-likeness (QED) is 0.234. The number of hydrogen-bond acceptors (Lipinski definition) is 0. The first-order chi connectivity index (χ1) is 5.54. The summed E-state index contributed by atoms with van der Waals surface area (Å²) in [5.74, 6) is 0. The second-order valence-corrected chi connectivity index (χ2v) is 26.1. The number of hydrogen-bond donors (Lipinski definition) is 0. The zero-order valence-corrected chi connectivity index (χ0v) is 14.3. The van der Waals surface area contributed by atoms with Gasteiger partial charge in [-0.2, -0.15) is 0 Å². The maximum absolute atomic E-state index is 6.26. The highest BCUT2D eigenvalue weighted by molar-refractivity contribution is 14.3. The Kier molecular flexibility index (Phi) is 5.12. The minimum absolute atomic E-state index is 1.07. The molecule has 0 heterocycles. The minimum Gasteiger partial charge on any atom is -0.133 e. The average Bonchev–Trinajstić information content (AvgIpc) is 2.03. The molecule has 12 heavy (non-hydrogen) atoms. The third-order valence-corrected chi connectivity index (χ3v) is 7.70. The number of alkyl halides is 1. The zero-order valence-electron chi connectivity index (χ0n) is 6.03. The van der Waals surface area contributed by atoms with Gasteiger partial charge < -0.3 is 0 Å². The van der Waals surface area contributed by atoms with E-state index in [0.717, 1.165) is 4.43 Å². The minimum atomic E-state index is -1.66. The molecule has 0 saturated heterocycles. The second kappa shape index (κ2) is 5.13. The van der Waals surface area contributed by atoms with Gasteiger partial charge in [-0.05, 0) is 10.8 Å². The van der Waals surface area contributed by atoms with E-state index in [-0.39, 0.29) is 0 Å². The van der Waals surface area contributed by atoms with Crippen LogP contribution >= 0.6 is 77.3 Å². The fourth-order valence-corrected chi connectivity index (χ4v) is 4.37. The van der Waals surface area contributed by atoms with Crippen molar-refractivity contribution in [2.24, 2.45) is 0 Å². The summed E-state index contributed by atoms with van der Waals surface area (Å²) in [6, 6.07) is 8.60. The molecule has 1 aromatic rings. The first-order valence-electron chi connectivity index (χ1n) is 3.26. The smallest absolute Gasteiger partial charge is 0.133 e. The molecule has 0 spiro atoms. The van der Waals surface area contributed by atoms with Crippen molar-refractivity contribution in [1.29, 1.82) is 0 Å². The molecule has 0 nitrogen and oxygen atoms in total. The van der Waals surface area contributed by atoms with Crippen molar-refractivity contribution in [3.05, 3.63) is 29.8 Å². The van der Waals surface area contributed by atoms with E-state index in [9.17, 15) is 0 Å². The van der Waals surface area contributed by atoms with Gasteiger partial charge in [-0.1, -0.05) is 90.5 Å². The van der Waals surface area contributed by atoms with Crippen LogP contribution in [-0.4, -0.2) is 2.38 Å². The maximum Gasteiger partial charge on any atom is 0.313 e. The summed E-state index contributed by atoms with van der Waals surface area (Å²) >= 11 is 13.3. The van der Waals surface area contributed by atoms with E-state index >= 15 is 0 Å². The predicted molar refractivity (Wildman–Crippen MR) is 83.4 cm³/mol. The van der Waals surface area contributed by atoms with Gasteiger partial charge in [0, 0.05) is 4.43 Å². The maximum atomic E-state index is 6.26. The largest absolute Gasteiger partial charge is 0.313 e. The van der Waals surface area contributed by atoms with Crippen LogP contribution in [0.2, 0.25) is 0 Å². The molecule has 5 heteroatoms. The lowest BCUT2D eigenvalue weighted by Crippen LogP contribution is -2.27. The second-order valence-electron chi connectivity index (χ2n) is 2.33. The van der Waals surface area contributed by atoms with E-state index in [0.29, 0.717) is 0 Å². The van der Waals surface area contributed by atoms with Crippen molar-refractivity contribution >= 4 is 84.8 Å². The molecule has 0 aliphatic rings. The van der Waals surface area contributed by atoms with Gasteiger partial charge in [-0.25, -0.2) is 0 Å². The summed E-state index contributed by atoms with van der Waals surface area (Å²) in [5.41, 5.74) is 1.36. The Labute approximate surface area is 117 Å². The zero-order chi connectivity index (χ0) is 9.19. The summed E-state index contributed by atoms with van der Waals surface area (Å²) in [7, 11) is 0. The first-order valence-corrected chi connectivity index (χ1v) is 14.0. The van der Waals surface area contributed by atoms with Crippen molar-refractivity contribution in [3.63, 3.8) is 0 Å². The van der Waals surface area contributed by atoms with Crippen molar-refractivity contribution in [1.82, 2.24) is 0 Å². The molecular formula is C7H6ClI3Si. The van der Waals surface area contributed by atoms with Crippen LogP contribution in [0.25, 0.3) is 0 Å². The fourth-order valence-electron chi connectivity index (χ4n) is 0.783. The highest BCUT2D eigenvalue weighted by Gasteiger charge is 2.25. The Morgan fingerprint density at radius 3 is 2.00 bits per heavy atom. The van der Waals surface area contributed by atoms with Crippen molar-refractivity contribution in [2.45, 2.75) is 4.43 Å². The van der Waals surface area contributed by atoms with Crippen molar-refractivity contribution in [3.8, 4) is 0 Å². The lowest BCUT2D eigenvalue weighted by atomic mass is 10.2. The Balaban J connectivity index is 2.93. The molecule has 0 aromatic heterocycles. The van der Waals surface area contributed by atoms with Crippen molar-refractivity contribution in [2.75, 3.05) is 0 Å². The monoisotopic (exact) mass is 534 g/mol. The lowest BCUT2D eigenvalue weighted by molar-refractivity contribution is 1.47. The third-order valence-electron chi connectivity index (χ3n) is 1.44. The molecule has 0 amide bonds. The Morgan fingerprint density at radius 2 is 1.67 bits per heavy atom. The molecule has 1 rings (SSSR count). The first kappa shape index (κ1) is 12.0. The topological polar surface area (TPSA) is 0 Å². The number of halogens is 4. The van der Waals surface area contributed by atoms with Crippen LogP contribution < -0.4 is 5.19 Å². The summed E-state index contributed by atoms with van der Waals surface area (Å²) in [6.07, 6.45) is 0. The van der Waals surface area contributed by atoms with Gasteiger partial charge in [0.05, 0.1) is 0 Å². The molecule has 0 radical (unpaired) electrons. The van der Waals surface area contributed by atoms with E-state index in [1.54, 1.807) is 0 Å². The number of rotatable bonds is 2. The Morgan fingerprint density at radius 1 is 1.17 bits per heavy atom. The van der Waals surface area contributed by atoms with Crippen molar-refractivity contribution < 1.29 is 0 Å². The highest BCUT2D eigenvalue weighted by atomic mass is 127. The van der Waals surface area contributed by atoms with Gasteiger partial charge in [-0.3, -0.25) is 0 Å². The van der Waals surface area contributed by atoms with Crippen LogP contribution in [-0.2, 0) is 4.43 Å². The van der Waals surface area contributed by atoms with Gasteiger partial charge in [-0.15, -0.1) is 11.1 Å². The highest BCUT2D eigenvalue weighted by Crippen LogP contribution is 2.25. The van der Waals surface area contributed by atoms with E-state index in [1.807, 2.05) is 0 Å². The summed E-state index contributed by atoms with van der Waals surface area (Å²) in [4.78, 5) is 0. The van der Waals surface area contributed by atoms with Gasteiger partial charge in [0.25, 0.3) is 0 Å². The van der Waals surface area contributed by atoms with Crippen LogP contribution in [0.4, 0.5) is 0 Å². The van der Waals surface area contributed by atoms with E-state index < -0.39 is 2.38 Å². The Bertz CT molecular complexity index is 254. The molecule has 0 atom stereocenters. The predicted octanol–water partition coefficient (Wildman–Crippen LogP) is 3.88. The summed E-state index contributed by atoms with van der Waals surface area (Å²) in [5, 5.41) is 1.29. The van der Waals surface area contributed by atoms with E-state index in [1.165, 1.54) is 10.8 Å². The molecular weight excluding hydrogens is 528 g/mol. The normalized spacial score (nSPS) is 11.7. The molecule has 66 valence electrons. The lowest BCUT2D eigenvalue weighted by Gasteiger charge is -2.09. The SMILES string of the molecule is Cl[Si](I)(I)c1ccc(CI)cc1. The number of benzene rings is 1. The molecule has 1 aromatic carbocycles. The van der Waals surface area contributed by atoms with Gasteiger partial charge >= 0.3 is 2.38 Å². The molecule has 0 bridgehead atoms. The van der Waals surface area contributed by atoms with E-state index in [2.05, 4.69) is 90.5 Å². The summed E-state index contributed by atoms with van der Waals surface area (Å²) in [6.45, 7) is 0. The molecule has 0 N–H and O–H groups in total. The molecule has 0 aliphatic heterocycles. The molecule has 0 fully saturated rings. The average molecular weight is 534 g/mol. The van der Waals surface area contributed by atoms with Crippen LogP contribution in [0.15, 0.2) is 24.3 Å². The molecule has 0 saturated carbocycles. The van der Waals surface area contributed by atoms with Crippen LogP contribution in [0.1, 0.15) is 5.56 Å². The Hall–Kier alpha value is 1.92.